The minimum atomic E-state index is 0.458. The van der Waals surface area contributed by atoms with Crippen LogP contribution in [0.3, 0.4) is 0 Å². The maximum atomic E-state index is 8.88. The molecule has 0 radical (unpaired) electrons. The average molecular weight is 368 g/mol. The summed E-state index contributed by atoms with van der Waals surface area (Å²) < 4.78 is 3.04. The maximum Gasteiger partial charge on any atom is 0.101 e. The van der Waals surface area contributed by atoms with Crippen LogP contribution in [-0.2, 0) is 19.5 Å². The van der Waals surface area contributed by atoms with Crippen LogP contribution in [0.15, 0.2) is 22.7 Å². The SMILES string of the molecule is CCc1nn(CC)c(CNc2ccc(C#N)c(Cl)c2)c1Br. The van der Waals surface area contributed by atoms with Crippen LogP contribution in [0.5, 0.6) is 0 Å². The summed E-state index contributed by atoms with van der Waals surface area (Å²) in [6, 6.07) is 7.39. The van der Waals surface area contributed by atoms with Crippen molar-refractivity contribution in [2.24, 2.45) is 0 Å². The lowest BCUT2D eigenvalue weighted by Crippen LogP contribution is -2.08. The smallest absolute Gasteiger partial charge is 0.101 e. The van der Waals surface area contributed by atoms with Crippen LogP contribution in [0.1, 0.15) is 30.8 Å². The van der Waals surface area contributed by atoms with E-state index < -0.39 is 0 Å². The predicted octanol–water partition coefficient (Wildman–Crippen LogP) is 4.37. The van der Waals surface area contributed by atoms with Crippen molar-refractivity contribution < 1.29 is 0 Å². The summed E-state index contributed by atoms with van der Waals surface area (Å²) in [6.45, 7) is 5.62. The first-order chi connectivity index (χ1) is 10.1. The second kappa shape index (κ2) is 6.97. The lowest BCUT2D eigenvalue weighted by Gasteiger charge is -2.09. The quantitative estimate of drug-likeness (QED) is 0.854. The Bertz CT molecular complexity index is 688. The number of nitriles is 1. The van der Waals surface area contributed by atoms with Gasteiger partial charge in [0.25, 0.3) is 0 Å². The molecule has 0 spiro atoms. The highest BCUT2D eigenvalue weighted by Gasteiger charge is 2.13. The van der Waals surface area contributed by atoms with E-state index in [1.54, 1.807) is 12.1 Å². The van der Waals surface area contributed by atoms with Crippen molar-refractivity contribution in [2.75, 3.05) is 5.32 Å². The van der Waals surface area contributed by atoms with Crippen molar-refractivity contribution in [3.8, 4) is 6.07 Å². The molecule has 1 heterocycles. The van der Waals surface area contributed by atoms with Gasteiger partial charge in [0.15, 0.2) is 0 Å². The minimum absolute atomic E-state index is 0.458. The first-order valence-electron chi connectivity index (χ1n) is 6.78. The normalized spacial score (nSPS) is 10.4. The van der Waals surface area contributed by atoms with E-state index >= 15 is 0 Å². The van der Waals surface area contributed by atoms with Crippen LogP contribution in [0.25, 0.3) is 0 Å². The molecule has 0 saturated heterocycles. The van der Waals surface area contributed by atoms with Crippen LogP contribution in [0.4, 0.5) is 5.69 Å². The van der Waals surface area contributed by atoms with Gasteiger partial charge in [-0.2, -0.15) is 10.4 Å². The van der Waals surface area contributed by atoms with Crippen molar-refractivity contribution in [3.05, 3.63) is 44.6 Å². The van der Waals surface area contributed by atoms with Gasteiger partial charge in [-0.25, -0.2) is 0 Å². The molecule has 1 aromatic carbocycles. The molecule has 6 heteroatoms. The predicted molar refractivity (Wildman–Crippen MR) is 88.5 cm³/mol. The van der Waals surface area contributed by atoms with E-state index in [1.165, 1.54) is 0 Å². The first-order valence-corrected chi connectivity index (χ1v) is 7.95. The third-order valence-electron chi connectivity index (χ3n) is 3.24. The Balaban J connectivity index is 2.18. The number of rotatable bonds is 5. The van der Waals surface area contributed by atoms with Gasteiger partial charge in [-0.3, -0.25) is 4.68 Å². The monoisotopic (exact) mass is 366 g/mol. The van der Waals surface area contributed by atoms with E-state index in [1.807, 2.05) is 10.7 Å². The van der Waals surface area contributed by atoms with Crippen LogP contribution < -0.4 is 5.32 Å². The zero-order valence-corrected chi connectivity index (χ0v) is 14.3. The van der Waals surface area contributed by atoms with Crippen molar-refractivity contribution in [1.82, 2.24) is 9.78 Å². The van der Waals surface area contributed by atoms with Crippen LogP contribution >= 0.6 is 27.5 Å². The summed E-state index contributed by atoms with van der Waals surface area (Å²) in [4.78, 5) is 0. The topological polar surface area (TPSA) is 53.6 Å². The average Bonchev–Trinajstić information content (AvgIpc) is 2.80. The van der Waals surface area contributed by atoms with Gasteiger partial charge in [0.2, 0.25) is 0 Å². The van der Waals surface area contributed by atoms with Crippen molar-refractivity contribution >= 4 is 33.2 Å². The van der Waals surface area contributed by atoms with E-state index in [0.29, 0.717) is 17.1 Å². The van der Waals surface area contributed by atoms with Crippen LogP contribution in [0, 0.1) is 11.3 Å². The molecule has 0 unspecified atom stereocenters. The van der Waals surface area contributed by atoms with Gasteiger partial charge in [0.1, 0.15) is 6.07 Å². The third kappa shape index (κ3) is 3.39. The molecule has 0 aliphatic rings. The standard InChI is InChI=1S/C15H16BrClN4/c1-3-13-15(16)14(21(4-2)20-13)9-19-11-6-5-10(8-18)12(17)7-11/h5-7,19H,3-4,9H2,1-2H3. The minimum Gasteiger partial charge on any atom is -0.379 e. The molecule has 21 heavy (non-hydrogen) atoms. The highest BCUT2D eigenvalue weighted by molar-refractivity contribution is 9.10. The van der Waals surface area contributed by atoms with Gasteiger partial charge in [-0.15, -0.1) is 0 Å². The fourth-order valence-electron chi connectivity index (χ4n) is 2.09. The van der Waals surface area contributed by atoms with E-state index in [9.17, 15) is 0 Å². The number of hydrogen-bond acceptors (Lipinski definition) is 3. The van der Waals surface area contributed by atoms with Crippen LogP contribution in [0.2, 0.25) is 5.02 Å². The molecule has 2 rings (SSSR count). The summed E-state index contributed by atoms with van der Waals surface area (Å²) in [6.07, 6.45) is 0.892. The van der Waals surface area contributed by atoms with E-state index in [0.717, 1.165) is 34.5 Å². The molecular formula is C15H16BrClN4. The Morgan fingerprint density at radius 1 is 1.43 bits per heavy atom. The first kappa shape index (κ1) is 15.9. The van der Waals surface area contributed by atoms with Crippen molar-refractivity contribution in [3.63, 3.8) is 0 Å². The second-order valence-electron chi connectivity index (χ2n) is 4.54. The summed E-state index contributed by atoms with van der Waals surface area (Å²) >= 11 is 9.66. The molecule has 110 valence electrons. The van der Waals surface area contributed by atoms with Crippen molar-refractivity contribution in [2.45, 2.75) is 33.4 Å². The van der Waals surface area contributed by atoms with Gasteiger partial charge >= 0.3 is 0 Å². The second-order valence-corrected chi connectivity index (χ2v) is 5.74. The van der Waals surface area contributed by atoms with Gasteiger partial charge < -0.3 is 5.32 Å². The summed E-state index contributed by atoms with van der Waals surface area (Å²) in [5.41, 5.74) is 3.53. The Morgan fingerprint density at radius 3 is 2.76 bits per heavy atom. The number of benzene rings is 1. The molecular weight excluding hydrogens is 352 g/mol. The third-order valence-corrected chi connectivity index (χ3v) is 4.47. The highest BCUT2D eigenvalue weighted by Crippen LogP contribution is 2.25. The highest BCUT2D eigenvalue weighted by atomic mass is 79.9. The van der Waals surface area contributed by atoms with Crippen molar-refractivity contribution in [1.29, 1.82) is 5.26 Å². The van der Waals surface area contributed by atoms with Gasteiger partial charge in [0.05, 0.1) is 33.0 Å². The number of anilines is 1. The Morgan fingerprint density at radius 2 is 2.19 bits per heavy atom. The van der Waals surface area contributed by atoms with E-state index in [-0.39, 0.29) is 0 Å². The Labute approximate surface area is 137 Å². The molecule has 0 atom stereocenters. The lowest BCUT2D eigenvalue weighted by atomic mass is 10.2. The van der Waals surface area contributed by atoms with E-state index in [2.05, 4.69) is 46.3 Å². The number of halogens is 2. The molecule has 0 saturated carbocycles. The Kier molecular flexibility index (Phi) is 5.27. The van der Waals surface area contributed by atoms with Gasteiger partial charge in [0, 0.05) is 12.2 Å². The summed E-state index contributed by atoms with van der Waals surface area (Å²) in [5, 5.41) is 17.2. The molecule has 1 N–H and O–H groups in total. The molecule has 4 nitrogen and oxygen atoms in total. The fraction of sp³-hybridized carbons (Fsp3) is 0.333. The summed E-state index contributed by atoms with van der Waals surface area (Å²) in [7, 11) is 0. The summed E-state index contributed by atoms with van der Waals surface area (Å²) in [5.74, 6) is 0. The largest absolute Gasteiger partial charge is 0.379 e. The number of aryl methyl sites for hydroxylation is 2. The number of nitrogens with one attached hydrogen (secondary N) is 1. The van der Waals surface area contributed by atoms with Gasteiger partial charge in [-0.05, 0) is 47.5 Å². The number of hydrogen-bond donors (Lipinski definition) is 1. The molecule has 0 bridgehead atoms. The lowest BCUT2D eigenvalue weighted by molar-refractivity contribution is 0.619. The molecule has 0 amide bonds. The molecule has 1 aromatic heterocycles. The number of aromatic nitrogens is 2. The molecule has 0 aliphatic carbocycles. The maximum absolute atomic E-state index is 8.88. The molecule has 0 aliphatic heterocycles. The van der Waals surface area contributed by atoms with Gasteiger partial charge in [-0.1, -0.05) is 18.5 Å². The number of nitrogens with zero attached hydrogens (tertiary/aromatic N) is 3. The molecule has 2 aromatic rings. The van der Waals surface area contributed by atoms with E-state index in [4.69, 9.17) is 16.9 Å². The zero-order chi connectivity index (χ0) is 15.4. The Hall–Kier alpha value is -1.51. The fourth-order valence-corrected chi connectivity index (χ4v) is 3.02. The van der Waals surface area contributed by atoms with Crippen LogP contribution in [-0.4, -0.2) is 9.78 Å². The molecule has 0 fully saturated rings. The zero-order valence-electron chi connectivity index (χ0n) is 12.0.